The molecule has 0 bridgehead atoms. The van der Waals surface area contributed by atoms with E-state index in [9.17, 15) is 4.79 Å². The van der Waals surface area contributed by atoms with Gasteiger partial charge in [0.1, 0.15) is 5.76 Å². The molecule has 0 spiro atoms. The molecule has 21 heavy (non-hydrogen) atoms. The topological polar surface area (TPSA) is 62.5 Å². The van der Waals surface area contributed by atoms with Crippen LogP contribution in [0.1, 0.15) is 53.2 Å². The maximum absolute atomic E-state index is 10.9. The van der Waals surface area contributed by atoms with Gasteiger partial charge >= 0.3 is 5.97 Å². The predicted octanol–water partition coefficient (Wildman–Crippen LogP) is 4.03. The Morgan fingerprint density at radius 3 is 2.81 bits per heavy atom. The molecular weight excluding hydrogens is 266 g/mol. The Labute approximate surface area is 123 Å². The van der Waals surface area contributed by atoms with Gasteiger partial charge in [-0.25, -0.2) is 4.79 Å². The molecule has 4 nitrogen and oxygen atoms in total. The summed E-state index contributed by atoms with van der Waals surface area (Å²) >= 11 is 0. The molecular formula is C17H19NO3. The van der Waals surface area contributed by atoms with Gasteiger partial charge in [0, 0.05) is 5.69 Å². The van der Waals surface area contributed by atoms with Gasteiger partial charge in [-0.2, -0.15) is 0 Å². The van der Waals surface area contributed by atoms with Crippen LogP contribution >= 0.6 is 0 Å². The Balaban J connectivity index is 1.81. The average Bonchev–Trinajstić information content (AvgIpc) is 2.98. The normalized spacial score (nSPS) is 15.3. The van der Waals surface area contributed by atoms with Crippen molar-refractivity contribution in [2.75, 3.05) is 5.32 Å². The van der Waals surface area contributed by atoms with E-state index in [1.165, 1.54) is 30.0 Å². The van der Waals surface area contributed by atoms with E-state index in [0.29, 0.717) is 5.76 Å². The Morgan fingerprint density at radius 2 is 2.05 bits per heavy atom. The highest BCUT2D eigenvalue weighted by Crippen LogP contribution is 2.30. The molecule has 0 radical (unpaired) electrons. The van der Waals surface area contributed by atoms with Gasteiger partial charge in [-0.3, -0.25) is 0 Å². The molecule has 1 aliphatic rings. The van der Waals surface area contributed by atoms with Crippen LogP contribution in [0.15, 0.2) is 34.7 Å². The van der Waals surface area contributed by atoms with Crippen LogP contribution in [0.3, 0.4) is 0 Å². The summed E-state index contributed by atoms with van der Waals surface area (Å²) in [6.07, 6.45) is 4.73. The molecule has 0 aliphatic heterocycles. The lowest BCUT2D eigenvalue weighted by atomic mass is 9.90. The molecule has 1 aromatic carbocycles. The van der Waals surface area contributed by atoms with Crippen molar-refractivity contribution < 1.29 is 14.3 Å². The second-order valence-electron chi connectivity index (χ2n) is 5.52. The van der Waals surface area contributed by atoms with E-state index in [1.54, 1.807) is 6.07 Å². The molecule has 1 atom stereocenters. The number of carboxylic acids is 1. The fourth-order valence-corrected chi connectivity index (χ4v) is 2.92. The molecule has 1 heterocycles. The number of aromatic carboxylic acids is 1. The van der Waals surface area contributed by atoms with Crippen LogP contribution < -0.4 is 5.32 Å². The Hall–Kier alpha value is -2.23. The highest BCUT2D eigenvalue weighted by Gasteiger charge is 2.17. The van der Waals surface area contributed by atoms with Gasteiger partial charge < -0.3 is 14.8 Å². The second-order valence-corrected chi connectivity index (χ2v) is 5.52. The molecule has 1 aliphatic carbocycles. The number of carbonyl (C=O) groups is 1. The van der Waals surface area contributed by atoms with Gasteiger partial charge in [0.2, 0.25) is 5.76 Å². The fourth-order valence-electron chi connectivity index (χ4n) is 2.92. The minimum absolute atomic E-state index is 0.0197. The molecule has 110 valence electrons. The molecule has 4 heteroatoms. The number of carboxylic acid groups (broad SMARTS) is 1. The summed E-state index contributed by atoms with van der Waals surface area (Å²) in [6.45, 7) is 1.98. The quantitative estimate of drug-likeness (QED) is 0.890. The maximum Gasteiger partial charge on any atom is 0.371 e. The van der Waals surface area contributed by atoms with E-state index >= 15 is 0 Å². The van der Waals surface area contributed by atoms with Gasteiger partial charge in [0.15, 0.2) is 0 Å². The van der Waals surface area contributed by atoms with Crippen molar-refractivity contribution in [3.8, 4) is 0 Å². The van der Waals surface area contributed by atoms with E-state index in [-0.39, 0.29) is 11.8 Å². The van der Waals surface area contributed by atoms with E-state index in [1.807, 2.05) is 6.92 Å². The monoisotopic (exact) mass is 285 g/mol. The highest BCUT2D eigenvalue weighted by molar-refractivity contribution is 5.84. The molecule has 0 fully saturated rings. The third kappa shape index (κ3) is 2.79. The van der Waals surface area contributed by atoms with Gasteiger partial charge in [-0.15, -0.1) is 0 Å². The third-order valence-corrected chi connectivity index (χ3v) is 4.03. The standard InChI is InChI=1S/C17H19NO3/c1-11(15-9-10-16(21-15)17(19)20)18-14-8-4-6-12-5-2-3-7-13(12)14/h4,6,8-11,18H,2-3,5,7H2,1H3,(H,19,20). The van der Waals surface area contributed by atoms with Crippen LogP contribution in [-0.4, -0.2) is 11.1 Å². The number of fused-ring (bicyclic) bond motifs is 1. The molecule has 0 saturated carbocycles. The number of anilines is 1. The van der Waals surface area contributed by atoms with Crippen LogP contribution in [0.2, 0.25) is 0 Å². The van der Waals surface area contributed by atoms with E-state index in [4.69, 9.17) is 9.52 Å². The van der Waals surface area contributed by atoms with Crippen molar-refractivity contribution in [1.82, 2.24) is 0 Å². The van der Waals surface area contributed by atoms with E-state index in [0.717, 1.165) is 18.5 Å². The zero-order valence-corrected chi connectivity index (χ0v) is 12.1. The summed E-state index contributed by atoms with van der Waals surface area (Å²) in [6, 6.07) is 9.50. The smallest absolute Gasteiger partial charge is 0.371 e. The van der Waals surface area contributed by atoms with Crippen molar-refractivity contribution in [3.63, 3.8) is 0 Å². The number of hydrogen-bond acceptors (Lipinski definition) is 3. The van der Waals surface area contributed by atoms with Gasteiger partial charge in [0.25, 0.3) is 0 Å². The van der Waals surface area contributed by atoms with E-state index in [2.05, 4.69) is 23.5 Å². The van der Waals surface area contributed by atoms with Crippen molar-refractivity contribution in [2.24, 2.45) is 0 Å². The average molecular weight is 285 g/mol. The number of rotatable bonds is 4. The van der Waals surface area contributed by atoms with Crippen molar-refractivity contribution in [1.29, 1.82) is 0 Å². The minimum atomic E-state index is -1.04. The molecule has 2 aromatic rings. The lowest BCUT2D eigenvalue weighted by molar-refractivity contribution is 0.0660. The van der Waals surface area contributed by atoms with Crippen LogP contribution in [0.4, 0.5) is 5.69 Å². The molecule has 1 aromatic heterocycles. The lowest BCUT2D eigenvalue weighted by Gasteiger charge is -2.22. The number of benzene rings is 1. The van der Waals surface area contributed by atoms with Crippen LogP contribution in [0.25, 0.3) is 0 Å². The first-order valence-electron chi connectivity index (χ1n) is 7.35. The minimum Gasteiger partial charge on any atom is -0.475 e. The first-order chi connectivity index (χ1) is 10.1. The van der Waals surface area contributed by atoms with Crippen LogP contribution in [-0.2, 0) is 12.8 Å². The summed E-state index contributed by atoms with van der Waals surface area (Å²) < 4.78 is 5.36. The molecule has 3 rings (SSSR count). The zero-order valence-electron chi connectivity index (χ0n) is 12.1. The lowest BCUT2D eigenvalue weighted by Crippen LogP contribution is -2.11. The Bertz CT molecular complexity index is 660. The van der Waals surface area contributed by atoms with Crippen LogP contribution in [0.5, 0.6) is 0 Å². The summed E-state index contributed by atoms with van der Waals surface area (Å²) in [5, 5.41) is 12.4. The number of hydrogen-bond donors (Lipinski definition) is 2. The van der Waals surface area contributed by atoms with Crippen LogP contribution in [0, 0.1) is 0 Å². The molecule has 2 N–H and O–H groups in total. The first kappa shape index (κ1) is 13.7. The Morgan fingerprint density at radius 1 is 1.24 bits per heavy atom. The van der Waals surface area contributed by atoms with Gasteiger partial charge in [0.05, 0.1) is 6.04 Å². The second kappa shape index (κ2) is 5.64. The maximum atomic E-state index is 10.9. The van der Waals surface area contributed by atoms with Gasteiger partial charge in [-0.1, -0.05) is 12.1 Å². The predicted molar refractivity (Wildman–Crippen MR) is 80.8 cm³/mol. The summed E-state index contributed by atoms with van der Waals surface area (Å²) in [4.78, 5) is 10.9. The molecule has 0 amide bonds. The van der Waals surface area contributed by atoms with Crippen molar-refractivity contribution >= 4 is 11.7 Å². The van der Waals surface area contributed by atoms with Crippen molar-refractivity contribution in [3.05, 3.63) is 53.0 Å². The first-order valence-corrected chi connectivity index (χ1v) is 7.35. The third-order valence-electron chi connectivity index (χ3n) is 4.03. The largest absolute Gasteiger partial charge is 0.475 e. The fraction of sp³-hybridized carbons (Fsp3) is 0.353. The van der Waals surface area contributed by atoms with Crippen molar-refractivity contribution in [2.45, 2.75) is 38.6 Å². The zero-order chi connectivity index (χ0) is 14.8. The summed E-state index contributed by atoms with van der Waals surface area (Å²) in [5.74, 6) is -0.417. The Kier molecular flexibility index (Phi) is 3.69. The summed E-state index contributed by atoms with van der Waals surface area (Å²) in [7, 11) is 0. The summed E-state index contributed by atoms with van der Waals surface area (Å²) in [5.41, 5.74) is 3.94. The SMILES string of the molecule is CC(Nc1cccc2c1CCCC2)c1ccc(C(=O)O)o1. The number of nitrogens with one attached hydrogen (secondary N) is 1. The highest BCUT2D eigenvalue weighted by atomic mass is 16.4. The number of aryl methyl sites for hydroxylation is 1. The van der Waals surface area contributed by atoms with E-state index < -0.39 is 5.97 Å². The molecule has 1 unspecified atom stereocenters. The number of furan rings is 1. The molecule has 0 saturated heterocycles. The van der Waals surface area contributed by atoms with Gasteiger partial charge in [-0.05, 0) is 61.9 Å².